The predicted octanol–water partition coefficient (Wildman–Crippen LogP) is 3.89. The largest absolute Gasteiger partial charge is 0.297 e. The number of hydrogen-bond acceptors (Lipinski definition) is 3. The molecule has 0 atom stereocenters. The van der Waals surface area contributed by atoms with Gasteiger partial charge in [-0.15, -0.1) is 22.9 Å². The summed E-state index contributed by atoms with van der Waals surface area (Å²) in [6.07, 6.45) is 5.43. The van der Waals surface area contributed by atoms with Gasteiger partial charge in [-0.2, -0.15) is 0 Å². The van der Waals surface area contributed by atoms with Gasteiger partial charge in [0.2, 0.25) is 0 Å². The van der Waals surface area contributed by atoms with Crippen LogP contribution in [0.15, 0.2) is 5.38 Å². The van der Waals surface area contributed by atoms with Gasteiger partial charge in [0.25, 0.3) is 0 Å². The highest BCUT2D eigenvalue weighted by Crippen LogP contribution is 2.27. The molecule has 17 heavy (non-hydrogen) atoms. The van der Waals surface area contributed by atoms with Gasteiger partial charge in [-0.05, 0) is 38.6 Å². The van der Waals surface area contributed by atoms with Crippen molar-refractivity contribution in [1.82, 2.24) is 9.88 Å². The molecule has 0 unspecified atom stereocenters. The average Bonchev–Trinajstić information content (AvgIpc) is 2.77. The number of thiazole rings is 1. The third-order valence-corrected chi connectivity index (χ3v) is 4.89. The quantitative estimate of drug-likeness (QED) is 0.773. The van der Waals surface area contributed by atoms with E-state index < -0.39 is 0 Å². The molecule has 4 heteroatoms. The zero-order valence-electron chi connectivity index (χ0n) is 10.7. The van der Waals surface area contributed by atoms with Crippen molar-refractivity contribution in [3.8, 4) is 0 Å². The Kier molecular flexibility index (Phi) is 4.83. The fourth-order valence-corrected chi connectivity index (χ4v) is 3.59. The van der Waals surface area contributed by atoms with Gasteiger partial charge < -0.3 is 0 Å². The van der Waals surface area contributed by atoms with E-state index in [4.69, 9.17) is 11.6 Å². The molecule has 1 aliphatic carbocycles. The van der Waals surface area contributed by atoms with E-state index in [0.717, 1.165) is 24.2 Å². The molecule has 0 aliphatic heterocycles. The van der Waals surface area contributed by atoms with Crippen molar-refractivity contribution in [2.75, 3.05) is 7.05 Å². The molecule has 1 aliphatic rings. The Morgan fingerprint density at radius 1 is 1.41 bits per heavy atom. The molecule has 0 amide bonds. The topological polar surface area (TPSA) is 16.1 Å². The summed E-state index contributed by atoms with van der Waals surface area (Å²) in [6, 6.07) is 0.745. The number of hydrogen-bond donors (Lipinski definition) is 0. The molecule has 2 nitrogen and oxygen atoms in total. The zero-order valence-corrected chi connectivity index (χ0v) is 12.2. The van der Waals surface area contributed by atoms with E-state index in [1.807, 2.05) is 0 Å². The summed E-state index contributed by atoms with van der Waals surface area (Å²) >= 11 is 7.50. The molecule has 0 aromatic carbocycles. The number of rotatable bonds is 4. The number of nitrogens with zero attached hydrogens (tertiary/aromatic N) is 2. The molecule has 1 aromatic rings. The highest BCUT2D eigenvalue weighted by Gasteiger charge is 2.22. The van der Waals surface area contributed by atoms with Gasteiger partial charge in [0.1, 0.15) is 5.01 Å². The highest BCUT2D eigenvalue weighted by molar-refractivity contribution is 7.09. The van der Waals surface area contributed by atoms with Crippen LogP contribution in [-0.4, -0.2) is 23.0 Å². The van der Waals surface area contributed by atoms with Crippen molar-refractivity contribution >= 4 is 22.9 Å². The fourth-order valence-electron chi connectivity index (χ4n) is 2.51. The van der Waals surface area contributed by atoms with Crippen molar-refractivity contribution in [2.45, 2.75) is 51.1 Å². The molecule has 0 spiro atoms. The Bertz CT molecular complexity index is 345. The first-order chi connectivity index (χ1) is 8.19. The van der Waals surface area contributed by atoms with Crippen LogP contribution < -0.4 is 0 Å². The van der Waals surface area contributed by atoms with E-state index >= 15 is 0 Å². The maximum Gasteiger partial charge on any atom is 0.107 e. The monoisotopic (exact) mass is 272 g/mol. The lowest BCUT2D eigenvalue weighted by atomic mass is 9.87. The normalized spacial score (nSPS) is 25.4. The Hall–Kier alpha value is -0.120. The molecule has 1 aromatic heterocycles. The first-order valence-corrected chi connectivity index (χ1v) is 7.80. The second-order valence-corrected chi connectivity index (χ2v) is 6.40. The van der Waals surface area contributed by atoms with E-state index in [2.05, 4.69) is 29.2 Å². The highest BCUT2D eigenvalue weighted by atomic mass is 35.5. The third-order valence-electron chi connectivity index (χ3n) is 3.73. The van der Waals surface area contributed by atoms with Gasteiger partial charge in [0.15, 0.2) is 0 Å². The van der Waals surface area contributed by atoms with Crippen LogP contribution in [0.5, 0.6) is 0 Å². The smallest absolute Gasteiger partial charge is 0.107 e. The first kappa shape index (κ1) is 13.3. The van der Waals surface area contributed by atoms with Crippen LogP contribution in [0.2, 0.25) is 0 Å². The van der Waals surface area contributed by atoms with Crippen LogP contribution in [0.1, 0.15) is 43.3 Å². The third kappa shape index (κ3) is 3.67. The Balaban J connectivity index is 1.85. The summed E-state index contributed by atoms with van der Waals surface area (Å²) in [6.45, 7) is 3.34. The molecule has 0 saturated heterocycles. The summed E-state index contributed by atoms with van der Waals surface area (Å²) in [5.74, 6) is 1.45. The summed E-state index contributed by atoms with van der Waals surface area (Å²) < 4.78 is 0. The van der Waals surface area contributed by atoms with Crippen LogP contribution in [0.3, 0.4) is 0 Å². The minimum atomic E-state index is 0.529. The van der Waals surface area contributed by atoms with Gasteiger partial charge in [-0.25, -0.2) is 4.98 Å². The van der Waals surface area contributed by atoms with Crippen molar-refractivity contribution in [1.29, 1.82) is 0 Å². The molecule has 1 saturated carbocycles. The Morgan fingerprint density at radius 3 is 2.71 bits per heavy atom. The van der Waals surface area contributed by atoms with Crippen molar-refractivity contribution in [2.24, 2.45) is 5.92 Å². The minimum Gasteiger partial charge on any atom is -0.297 e. The average molecular weight is 273 g/mol. The van der Waals surface area contributed by atoms with Crippen LogP contribution in [-0.2, 0) is 12.4 Å². The molecule has 1 fully saturated rings. The predicted molar refractivity (Wildman–Crippen MR) is 74.6 cm³/mol. The number of aromatic nitrogens is 1. The van der Waals surface area contributed by atoms with Crippen LogP contribution in [0.25, 0.3) is 0 Å². The van der Waals surface area contributed by atoms with Gasteiger partial charge in [0.05, 0.1) is 18.1 Å². The fraction of sp³-hybridized carbons (Fsp3) is 0.769. The van der Waals surface area contributed by atoms with Crippen LogP contribution in [0, 0.1) is 5.92 Å². The van der Waals surface area contributed by atoms with Gasteiger partial charge in [-0.1, -0.05) is 6.92 Å². The van der Waals surface area contributed by atoms with Gasteiger partial charge in [0, 0.05) is 11.4 Å². The summed E-state index contributed by atoms with van der Waals surface area (Å²) in [5.41, 5.74) is 1.01. The molecule has 2 rings (SSSR count). The zero-order chi connectivity index (χ0) is 12.3. The van der Waals surface area contributed by atoms with E-state index in [-0.39, 0.29) is 0 Å². The Morgan fingerprint density at radius 2 is 2.12 bits per heavy atom. The first-order valence-electron chi connectivity index (χ1n) is 6.38. The minimum absolute atomic E-state index is 0.529. The molecule has 0 bridgehead atoms. The molecule has 1 heterocycles. The summed E-state index contributed by atoms with van der Waals surface area (Å²) in [4.78, 5) is 6.98. The number of alkyl halides is 1. The molecule has 96 valence electrons. The molecule has 0 N–H and O–H groups in total. The second-order valence-electron chi connectivity index (χ2n) is 5.20. The Labute approximate surface area is 113 Å². The summed E-state index contributed by atoms with van der Waals surface area (Å²) in [5, 5.41) is 3.26. The van der Waals surface area contributed by atoms with Crippen LogP contribution >= 0.6 is 22.9 Å². The van der Waals surface area contributed by atoms with Gasteiger partial charge >= 0.3 is 0 Å². The van der Waals surface area contributed by atoms with E-state index in [1.54, 1.807) is 11.3 Å². The van der Waals surface area contributed by atoms with Crippen molar-refractivity contribution in [3.05, 3.63) is 16.1 Å². The standard InChI is InChI=1S/C13H21ClN2S/c1-10-3-5-12(6-4-10)16(2)8-13-15-11(7-14)9-17-13/h9-10,12H,3-8H2,1-2H3. The lowest BCUT2D eigenvalue weighted by molar-refractivity contribution is 0.164. The van der Waals surface area contributed by atoms with Crippen molar-refractivity contribution < 1.29 is 0 Å². The maximum absolute atomic E-state index is 5.77. The van der Waals surface area contributed by atoms with Crippen LogP contribution in [0.4, 0.5) is 0 Å². The lowest BCUT2D eigenvalue weighted by Gasteiger charge is -2.33. The molecular weight excluding hydrogens is 252 g/mol. The molecule has 0 radical (unpaired) electrons. The van der Waals surface area contributed by atoms with Gasteiger partial charge in [-0.3, -0.25) is 4.90 Å². The lowest BCUT2D eigenvalue weighted by Crippen LogP contribution is -2.34. The van der Waals surface area contributed by atoms with Crippen molar-refractivity contribution in [3.63, 3.8) is 0 Å². The van der Waals surface area contributed by atoms with E-state index in [1.165, 1.54) is 30.7 Å². The second kappa shape index (κ2) is 6.17. The van der Waals surface area contributed by atoms with E-state index in [0.29, 0.717) is 5.88 Å². The van der Waals surface area contributed by atoms with E-state index in [9.17, 15) is 0 Å². The summed E-state index contributed by atoms with van der Waals surface area (Å²) in [7, 11) is 2.22. The SMILES string of the molecule is CC1CCC(N(C)Cc2nc(CCl)cs2)CC1. The molecular formula is C13H21ClN2S. The number of halogens is 1. The maximum atomic E-state index is 5.77.